The quantitative estimate of drug-likeness (QED) is 0.373. The van der Waals surface area contributed by atoms with Crippen molar-refractivity contribution in [2.75, 3.05) is 11.4 Å². The first-order valence-corrected chi connectivity index (χ1v) is 6.33. The highest BCUT2D eigenvalue weighted by atomic mass is 19.1. The van der Waals surface area contributed by atoms with E-state index in [2.05, 4.69) is 5.16 Å². The van der Waals surface area contributed by atoms with Gasteiger partial charge in [-0.25, -0.2) is 8.78 Å². The number of piperidine rings is 1. The van der Waals surface area contributed by atoms with Crippen molar-refractivity contribution in [2.45, 2.75) is 25.3 Å². The van der Waals surface area contributed by atoms with E-state index in [4.69, 9.17) is 10.9 Å². The van der Waals surface area contributed by atoms with Crippen LogP contribution in [0.2, 0.25) is 0 Å². The lowest BCUT2D eigenvalue weighted by atomic mass is 10.1. The number of oxime groups is 1. The summed E-state index contributed by atoms with van der Waals surface area (Å²) in [5.74, 6) is -1.07. The van der Waals surface area contributed by atoms with Crippen molar-refractivity contribution in [3.8, 4) is 0 Å². The van der Waals surface area contributed by atoms with Crippen molar-refractivity contribution in [3.63, 3.8) is 0 Å². The van der Waals surface area contributed by atoms with Crippen LogP contribution in [0.1, 0.15) is 24.8 Å². The zero-order valence-corrected chi connectivity index (χ0v) is 10.3. The molecule has 4 nitrogen and oxygen atoms in total. The van der Waals surface area contributed by atoms with Gasteiger partial charge < -0.3 is 15.8 Å². The number of hydrogen-bond donors (Lipinski definition) is 2. The van der Waals surface area contributed by atoms with E-state index in [1.54, 1.807) is 0 Å². The fourth-order valence-corrected chi connectivity index (χ4v) is 3.24. The first-order chi connectivity index (χ1) is 9.10. The molecule has 19 heavy (non-hydrogen) atoms. The summed E-state index contributed by atoms with van der Waals surface area (Å²) in [6.45, 7) is 0.710. The topological polar surface area (TPSA) is 61.9 Å². The minimum atomic E-state index is -0.658. The molecule has 102 valence electrons. The van der Waals surface area contributed by atoms with E-state index in [9.17, 15) is 8.78 Å². The summed E-state index contributed by atoms with van der Waals surface area (Å²) >= 11 is 0. The molecule has 1 saturated carbocycles. The average molecular weight is 267 g/mol. The molecule has 2 unspecified atom stereocenters. The summed E-state index contributed by atoms with van der Waals surface area (Å²) in [4.78, 5) is 1.81. The number of nitrogens with zero attached hydrogens (tertiary/aromatic N) is 2. The van der Waals surface area contributed by atoms with Crippen molar-refractivity contribution in [3.05, 3.63) is 29.3 Å². The Morgan fingerprint density at radius 2 is 2.00 bits per heavy atom. The molecule has 2 fully saturated rings. The molecule has 0 radical (unpaired) electrons. The van der Waals surface area contributed by atoms with Crippen molar-refractivity contribution in [1.29, 1.82) is 0 Å². The molecule has 2 atom stereocenters. The lowest BCUT2D eigenvalue weighted by molar-refractivity contribution is 0.318. The summed E-state index contributed by atoms with van der Waals surface area (Å²) in [5, 5.41) is 11.3. The molecule has 1 aliphatic heterocycles. The maximum atomic E-state index is 14.1. The first-order valence-electron chi connectivity index (χ1n) is 6.33. The predicted molar refractivity (Wildman–Crippen MR) is 67.3 cm³/mol. The SMILES string of the molecule is N/C(=N/O)c1cc(F)c(N2CC3CCC2C3)c(F)c1. The van der Waals surface area contributed by atoms with Gasteiger partial charge >= 0.3 is 0 Å². The second-order valence-corrected chi connectivity index (χ2v) is 5.26. The fourth-order valence-electron chi connectivity index (χ4n) is 3.24. The van der Waals surface area contributed by atoms with Crippen LogP contribution in [0.4, 0.5) is 14.5 Å². The molecule has 0 spiro atoms. The van der Waals surface area contributed by atoms with Gasteiger partial charge in [0.1, 0.15) is 17.3 Å². The Labute approximate surface area is 109 Å². The number of benzene rings is 1. The van der Waals surface area contributed by atoms with Gasteiger partial charge in [0.05, 0.1) is 0 Å². The molecule has 0 aromatic heterocycles. The average Bonchev–Trinajstić information content (AvgIpc) is 2.99. The molecule has 0 amide bonds. The van der Waals surface area contributed by atoms with Crippen LogP contribution in [-0.2, 0) is 0 Å². The molecule has 1 aromatic rings. The van der Waals surface area contributed by atoms with Gasteiger partial charge in [0, 0.05) is 18.2 Å². The van der Waals surface area contributed by atoms with Crippen LogP contribution >= 0.6 is 0 Å². The Morgan fingerprint density at radius 3 is 2.47 bits per heavy atom. The van der Waals surface area contributed by atoms with E-state index in [1.807, 2.05) is 4.90 Å². The number of fused-ring (bicyclic) bond motifs is 2. The van der Waals surface area contributed by atoms with E-state index >= 15 is 0 Å². The van der Waals surface area contributed by atoms with Crippen LogP contribution in [0.15, 0.2) is 17.3 Å². The van der Waals surface area contributed by atoms with Gasteiger partial charge in [-0.05, 0) is 37.3 Å². The number of halogens is 2. The normalized spacial score (nSPS) is 26.2. The van der Waals surface area contributed by atoms with Gasteiger partial charge in [-0.2, -0.15) is 0 Å². The third kappa shape index (κ3) is 1.91. The van der Waals surface area contributed by atoms with Gasteiger partial charge in [0.15, 0.2) is 5.84 Å². The summed E-state index contributed by atoms with van der Waals surface area (Å²) in [6.07, 6.45) is 3.15. The number of nitrogens with two attached hydrogens (primary N) is 1. The fraction of sp³-hybridized carbons (Fsp3) is 0.462. The molecular formula is C13H15F2N3O. The summed E-state index contributed by atoms with van der Waals surface area (Å²) < 4.78 is 28.2. The Balaban J connectivity index is 1.99. The van der Waals surface area contributed by atoms with Crippen LogP contribution in [0.25, 0.3) is 0 Å². The second kappa shape index (κ2) is 4.36. The number of anilines is 1. The third-order valence-electron chi connectivity index (χ3n) is 4.12. The first kappa shape index (κ1) is 12.2. The minimum Gasteiger partial charge on any atom is -0.409 e. The molecule has 1 aromatic carbocycles. The highest BCUT2D eigenvalue weighted by Gasteiger charge is 2.39. The zero-order valence-electron chi connectivity index (χ0n) is 10.3. The van der Waals surface area contributed by atoms with E-state index in [-0.39, 0.29) is 23.1 Å². The lowest BCUT2D eigenvalue weighted by Gasteiger charge is -2.29. The van der Waals surface area contributed by atoms with Crippen LogP contribution in [-0.4, -0.2) is 23.6 Å². The maximum absolute atomic E-state index is 14.1. The van der Waals surface area contributed by atoms with Gasteiger partial charge in [-0.15, -0.1) is 0 Å². The predicted octanol–water partition coefficient (Wildman–Crippen LogP) is 2.05. The highest BCUT2D eigenvalue weighted by molar-refractivity contribution is 5.97. The summed E-state index contributed by atoms with van der Waals surface area (Å²) in [5.41, 5.74) is 5.41. The smallest absolute Gasteiger partial charge is 0.170 e. The molecule has 1 saturated heterocycles. The monoisotopic (exact) mass is 267 g/mol. The Hall–Kier alpha value is -1.85. The van der Waals surface area contributed by atoms with Crippen molar-refractivity contribution >= 4 is 11.5 Å². The Bertz CT molecular complexity index is 524. The van der Waals surface area contributed by atoms with Crippen molar-refractivity contribution in [2.24, 2.45) is 16.8 Å². The number of rotatable bonds is 2. The molecular weight excluding hydrogens is 252 g/mol. The largest absolute Gasteiger partial charge is 0.409 e. The summed E-state index contributed by atoms with van der Waals surface area (Å²) in [7, 11) is 0. The van der Waals surface area contributed by atoms with Gasteiger partial charge in [-0.3, -0.25) is 0 Å². The van der Waals surface area contributed by atoms with Gasteiger partial charge in [-0.1, -0.05) is 5.16 Å². The van der Waals surface area contributed by atoms with Crippen LogP contribution < -0.4 is 10.6 Å². The molecule has 2 bridgehead atoms. The number of amidine groups is 1. The second-order valence-electron chi connectivity index (χ2n) is 5.26. The van der Waals surface area contributed by atoms with Crippen LogP contribution in [0, 0.1) is 17.6 Å². The van der Waals surface area contributed by atoms with E-state index in [0.29, 0.717) is 12.5 Å². The van der Waals surface area contributed by atoms with Crippen LogP contribution in [0.5, 0.6) is 0 Å². The Kier molecular flexibility index (Phi) is 2.80. The highest BCUT2D eigenvalue weighted by Crippen LogP contribution is 2.41. The standard InChI is InChI=1S/C13H15F2N3O/c14-10-4-8(13(16)17-19)5-11(15)12(10)18-6-7-1-2-9(18)3-7/h4-5,7,9,19H,1-3,6H2,(H2,16,17). The Morgan fingerprint density at radius 1 is 1.32 bits per heavy atom. The summed E-state index contributed by atoms with van der Waals surface area (Å²) in [6, 6.07) is 2.46. The molecule has 3 rings (SSSR count). The van der Waals surface area contributed by atoms with Crippen molar-refractivity contribution in [1.82, 2.24) is 0 Å². The van der Waals surface area contributed by atoms with E-state index < -0.39 is 11.6 Å². The lowest BCUT2D eigenvalue weighted by Crippen LogP contribution is -2.33. The van der Waals surface area contributed by atoms with E-state index in [1.165, 1.54) is 0 Å². The van der Waals surface area contributed by atoms with Crippen molar-refractivity contribution < 1.29 is 14.0 Å². The van der Waals surface area contributed by atoms with E-state index in [0.717, 1.165) is 31.4 Å². The molecule has 1 aliphatic carbocycles. The third-order valence-corrected chi connectivity index (χ3v) is 4.12. The molecule has 1 heterocycles. The van der Waals surface area contributed by atoms with Crippen LogP contribution in [0.3, 0.4) is 0 Å². The molecule has 6 heteroatoms. The molecule has 2 aliphatic rings. The zero-order chi connectivity index (χ0) is 13.6. The van der Waals surface area contributed by atoms with Gasteiger partial charge in [0.2, 0.25) is 0 Å². The molecule has 3 N–H and O–H groups in total. The number of hydrogen-bond acceptors (Lipinski definition) is 3. The minimum absolute atomic E-state index is 0.0155. The maximum Gasteiger partial charge on any atom is 0.170 e. The van der Waals surface area contributed by atoms with Gasteiger partial charge in [0.25, 0.3) is 0 Å².